The van der Waals surface area contributed by atoms with Crippen molar-refractivity contribution < 1.29 is 23.1 Å². The van der Waals surface area contributed by atoms with Crippen LogP contribution in [0.1, 0.15) is 16.7 Å². The molecule has 4 rings (SSSR count). The van der Waals surface area contributed by atoms with Gasteiger partial charge in [0.25, 0.3) is 11.1 Å². The predicted octanol–water partition coefficient (Wildman–Crippen LogP) is 6.43. The van der Waals surface area contributed by atoms with Gasteiger partial charge in [-0.15, -0.1) is 0 Å². The fourth-order valence-electron chi connectivity index (χ4n) is 3.05. The molecule has 162 valence electrons. The molecule has 0 spiro atoms. The van der Waals surface area contributed by atoms with E-state index in [2.05, 4.69) is 0 Å². The van der Waals surface area contributed by atoms with E-state index < -0.39 is 17.0 Å². The van der Waals surface area contributed by atoms with Crippen molar-refractivity contribution in [1.82, 2.24) is 4.90 Å². The van der Waals surface area contributed by atoms with Crippen LogP contribution in [0.2, 0.25) is 5.02 Å². The number of benzene rings is 3. The molecule has 3 aromatic carbocycles. The first kappa shape index (κ1) is 22.0. The van der Waals surface area contributed by atoms with Crippen LogP contribution in [-0.4, -0.2) is 16.0 Å². The Morgan fingerprint density at radius 2 is 1.72 bits per heavy atom. The topological polar surface area (TPSA) is 46.6 Å². The van der Waals surface area contributed by atoms with Crippen LogP contribution in [0.3, 0.4) is 0 Å². The molecule has 1 heterocycles. The number of thioether (sulfide) groups is 1. The molecule has 1 saturated heterocycles. The fourth-order valence-corrected chi connectivity index (χ4v) is 4.11. The van der Waals surface area contributed by atoms with Crippen LogP contribution in [0.25, 0.3) is 6.08 Å². The monoisotopic (exact) mass is 471 g/mol. The number of halogens is 3. The smallest absolute Gasteiger partial charge is 0.293 e. The van der Waals surface area contributed by atoms with Crippen molar-refractivity contribution in [3.8, 4) is 5.75 Å². The number of carbonyl (C=O) groups excluding carboxylic acids is 2. The van der Waals surface area contributed by atoms with Crippen molar-refractivity contribution in [3.63, 3.8) is 0 Å². The number of rotatable bonds is 6. The van der Waals surface area contributed by atoms with Crippen molar-refractivity contribution in [1.29, 1.82) is 0 Å². The Kier molecular flexibility index (Phi) is 6.58. The second-order valence-electron chi connectivity index (χ2n) is 6.99. The van der Waals surface area contributed by atoms with Crippen molar-refractivity contribution in [2.24, 2.45) is 0 Å². The number of imide groups is 1. The molecular formula is C24H16ClF2NO3S. The van der Waals surface area contributed by atoms with Crippen LogP contribution in [0.15, 0.2) is 71.6 Å². The summed E-state index contributed by atoms with van der Waals surface area (Å²) < 4.78 is 32.0. The molecule has 0 bridgehead atoms. The van der Waals surface area contributed by atoms with Crippen LogP contribution in [0, 0.1) is 11.6 Å². The molecule has 2 amide bonds. The third-order valence-corrected chi connectivity index (χ3v) is 5.95. The average Bonchev–Trinajstić information content (AvgIpc) is 3.02. The number of hydrogen-bond donors (Lipinski definition) is 0. The first-order valence-corrected chi connectivity index (χ1v) is 10.7. The Morgan fingerprint density at radius 1 is 0.969 bits per heavy atom. The predicted molar refractivity (Wildman–Crippen MR) is 120 cm³/mol. The summed E-state index contributed by atoms with van der Waals surface area (Å²) in [6.07, 6.45) is 1.61. The zero-order chi connectivity index (χ0) is 22.7. The second kappa shape index (κ2) is 9.54. The Hall–Kier alpha value is -3.16. The largest absolute Gasteiger partial charge is 0.489 e. The van der Waals surface area contributed by atoms with Crippen molar-refractivity contribution >= 4 is 40.6 Å². The van der Waals surface area contributed by atoms with Gasteiger partial charge < -0.3 is 4.74 Å². The van der Waals surface area contributed by atoms with Crippen LogP contribution < -0.4 is 4.74 Å². The summed E-state index contributed by atoms with van der Waals surface area (Å²) >= 11 is 6.85. The Labute approximate surface area is 192 Å². The summed E-state index contributed by atoms with van der Waals surface area (Å²) in [5.41, 5.74) is 1.98. The number of carbonyl (C=O) groups is 2. The maximum Gasteiger partial charge on any atom is 0.293 e. The average molecular weight is 472 g/mol. The molecule has 0 saturated carbocycles. The molecule has 0 aromatic heterocycles. The van der Waals surface area contributed by atoms with Gasteiger partial charge in [0.15, 0.2) is 0 Å². The van der Waals surface area contributed by atoms with Gasteiger partial charge >= 0.3 is 0 Å². The molecule has 0 unspecified atom stereocenters. The lowest BCUT2D eigenvalue weighted by Gasteiger charge is -2.13. The maximum absolute atomic E-state index is 13.2. The van der Waals surface area contributed by atoms with Gasteiger partial charge in [0.1, 0.15) is 24.0 Å². The fraction of sp³-hybridized carbons (Fsp3) is 0.0833. The Bertz CT molecular complexity index is 1210. The molecule has 3 aromatic rings. The summed E-state index contributed by atoms with van der Waals surface area (Å²) in [6.45, 7) is 0.223. The summed E-state index contributed by atoms with van der Waals surface area (Å²) in [6, 6.07) is 16.9. The van der Waals surface area contributed by atoms with E-state index in [-0.39, 0.29) is 28.9 Å². The summed E-state index contributed by atoms with van der Waals surface area (Å²) in [4.78, 5) is 26.5. The van der Waals surface area contributed by atoms with Crippen LogP contribution >= 0.6 is 23.4 Å². The highest BCUT2D eigenvalue weighted by Crippen LogP contribution is 2.34. The van der Waals surface area contributed by atoms with E-state index >= 15 is 0 Å². The quantitative estimate of drug-likeness (QED) is 0.388. The molecule has 1 aliphatic rings. The Morgan fingerprint density at radius 3 is 2.47 bits per heavy atom. The van der Waals surface area contributed by atoms with Gasteiger partial charge in [0.2, 0.25) is 0 Å². The molecule has 0 N–H and O–H groups in total. The maximum atomic E-state index is 13.2. The summed E-state index contributed by atoms with van der Waals surface area (Å²) in [5, 5.41) is -0.274. The van der Waals surface area contributed by atoms with Gasteiger partial charge in [0.05, 0.1) is 11.4 Å². The van der Waals surface area contributed by atoms with Gasteiger partial charge in [-0.3, -0.25) is 14.5 Å². The molecule has 32 heavy (non-hydrogen) atoms. The lowest BCUT2D eigenvalue weighted by molar-refractivity contribution is -0.123. The molecule has 8 heteroatoms. The van der Waals surface area contributed by atoms with E-state index in [1.165, 1.54) is 24.3 Å². The van der Waals surface area contributed by atoms with Crippen LogP contribution in [0.4, 0.5) is 13.6 Å². The first-order chi connectivity index (χ1) is 15.4. The zero-order valence-corrected chi connectivity index (χ0v) is 18.1. The zero-order valence-electron chi connectivity index (χ0n) is 16.6. The molecule has 1 fully saturated rings. The van der Waals surface area contributed by atoms with Gasteiger partial charge in [-0.2, -0.15) is 0 Å². The molecule has 0 aliphatic carbocycles. The van der Waals surface area contributed by atoms with E-state index in [0.717, 1.165) is 28.3 Å². The van der Waals surface area contributed by atoms with Gasteiger partial charge in [-0.05, 0) is 70.9 Å². The lowest BCUT2D eigenvalue weighted by Crippen LogP contribution is -2.27. The van der Waals surface area contributed by atoms with E-state index in [1.54, 1.807) is 42.5 Å². The van der Waals surface area contributed by atoms with E-state index in [0.29, 0.717) is 16.9 Å². The van der Waals surface area contributed by atoms with E-state index in [4.69, 9.17) is 16.3 Å². The highest BCUT2D eigenvalue weighted by atomic mass is 35.5. The highest BCUT2D eigenvalue weighted by Gasteiger charge is 2.35. The minimum Gasteiger partial charge on any atom is -0.489 e. The minimum atomic E-state index is -0.491. The SMILES string of the molecule is O=C1S/C(=C/c2cccc(OCc3ccc(F)cc3)c2)C(=O)N1Cc1ccc(F)cc1Cl. The molecule has 4 nitrogen and oxygen atoms in total. The third-order valence-electron chi connectivity index (χ3n) is 4.69. The third kappa shape index (κ3) is 5.18. The molecule has 0 radical (unpaired) electrons. The van der Waals surface area contributed by atoms with Crippen molar-refractivity contribution in [3.05, 3.63) is 105 Å². The van der Waals surface area contributed by atoms with Gasteiger partial charge in [0, 0.05) is 5.02 Å². The number of ether oxygens (including phenoxy) is 1. The van der Waals surface area contributed by atoms with Crippen molar-refractivity contribution in [2.75, 3.05) is 0 Å². The number of nitrogens with zero attached hydrogens (tertiary/aromatic N) is 1. The molecule has 1 aliphatic heterocycles. The Balaban J connectivity index is 1.46. The van der Waals surface area contributed by atoms with Gasteiger partial charge in [-0.1, -0.05) is 41.9 Å². The van der Waals surface area contributed by atoms with E-state index in [1.807, 2.05) is 0 Å². The summed E-state index contributed by atoms with van der Waals surface area (Å²) in [7, 11) is 0. The number of hydrogen-bond acceptors (Lipinski definition) is 4. The lowest BCUT2D eigenvalue weighted by atomic mass is 10.2. The minimum absolute atomic E-state index is 0.0397. The molecule has 0 atom stereocenters. The first-order valence-electron chi connectivity index (χ1n) is 9.55. The molecular weight excluding hydrogens is 456 g/mol. The standard InChI is InChI=1S/C24H16ClF2NO3S/c25-21-12-19(27)9-6-17(21)13-28-23(29)22(32-24(28)30)11-16-2-1-3-20(10-16)31-14-15-4-7-18(26)8-5-15/h1-12H,13-14H2/b22-11+. The highest BCUT2D eigenvalue weighted by molar-refractivity contribution is 8.18. The van der Waals surface area contributed by atoms with Crippen molar-refractivity contribution in [2.45, 2.75) is 13.2 Å². The normalized spacial score (nSPS) is 15.0. The summed E-state index contributed by atoms with van der Waals surface area (Å²) in [5.74, 6) is -0.681. The van der Waals surface area contributed by atoms with Gasteiger partial charge in [-0.25, -0.2) is 8.78 Å². The van der Waals surface area contributed by atoms with Crippen LogP contribution in [0.5, 0.6) is 5.75 Å². The second-order valence-corrected chi connectivity index (χ2v) is 8.39. The number of amides is 2. The van der Waals surface area contributed by atoms with Crippen LogP contribution in [-0.2, 0) is 17.9 Å². The van der Waals surface area contributed by atoms with E-state index in [9.17, 15) is 18.4 Å².